The van der Waals surface area contributed by atoms with Gasteiger partial charge in [-0.1, -0.05) is 12.1 Å². The van der Waals surface area contributed by atoms with E-state index >= 15 is 0 Å². The maximum Gasteiger partial charge on any atom is 0.163 e. The number of rotatable bonds is 6. The zero-order valence-corrected chi connectivity index (χ0v) is 20.1. The molecule has 0 amide bonds. The van der Waals surface area contributed by atoms with E-state index in [0.29, 0.717) is 0 Å². The Hall–Kier alpha value is -2.56. The van der Waals surface area contributed by atoms with Crippen molar-refractivity contribution >= 4 is 38.3 Å². The summed E-state index contributed by atoms with van der Waals surface area (Å²) in [7, 11) is 0. The molecule has 0 saturated carbocycles. The SMILES string of the molecule is OCCN1CCN(Cc2cc3c(N4CCOCC4)nc(-c4cccc5[nH]ccc45)nc3s2)CC1. The van der Waals surface area contributed by atoms with Crippen LogP contribution in [0.4, 0.5) is 5.82 Å². The highest BCUT2D eigenvalue weighted by Crippen LogP contribution is 2.36. The van der Waals surface area contributed by atoms with Crippen LogP contribution in [0.5, 0.6) is 0 Å². The molecule has 6 rings (SSSR count). The van der Waals surface area contributed by atoms with Crippen LogP contribution in [0.2, 0.25) is 0 Å². The van der Waals surface area contributed by atoms with Crippen LogP contribution < -0.4 is 4.90 Å². The third-order valence-electron chi connectivity index (χ3n) is 6.83. The number of β-amino-alcohol motifs (C(OH)–C–C–N with tert-alkyl or cyclic N) is 1. The highest BCUT2D eigenvalue weighted by molar-refractivity contribution is 7.18. The quantitative estimate of drug-likeness (QED) is 0.441. The number of fused-ring (bicyclic) bond motifs is 2. The molecule has 0 unspecified atom stereocenters. The van der Waals surface area contributed by atoms with Crippen molar-refractivity contribution in [3.63, 3.8) is 0 Å². The van der Waals surface area contributed by atoms with Gasteiger partial charge in [0.25, 0.3) is 0 Å². The lowest BCUT2D eigenvalue weighted by Crippen LogP contribution is -2.46. The van der Waals surface area contributed by atoms with Gasteiger partial charge in [-0.05, 0) is 18.2 Å². The number of piperazine rings is 1. The summed E-state index contributed by atoms with van der Waals surface area (Å²) in [6, 6.07) is 10.7. The first-order chi connectivity index (χ1) is 16.8. The maximum absolute atomic E-state index is 9.20. The van der Waals surface area contributed by atoms with Crippen molar-refractivity contribution < 1.29 is 9.84 Å². The topological polar surface area (TPSA) is 80.8 Å². The smallest absolute Gasteiger partial charge is 0.163 e. The van der Waals surface area contributed by atoms with Crippen LogP contribution in [0.3, 0.4) is 0 Å². The highest BCUT2D eigenvalue weighted by atomic mass is 32.1. The summed E-state index contributed by atoms with van der Waals surface area (Å²) in [5.41, 5.74) is 2.16. The van der Waals surface area contributed by atoms with Crippen molar-refractivity contribution in [2.75, 3.05) is 70.5 Å². The number of aromatic nitrogens is 3. The van der Waals surface area contributed by atoms with Gasteiger partial charge >= 0.3 is 0 Å². The molecule has 0 aliphatic carbocycles. The number of morpholine rings is 1. The van der Waals surface area contributed by atoms with Crippen LogP contribution in [0, 0.1) is 0 Å². The second-order valence-corrected chi connectivity index (χ2v) is 10.1. The molecule has 0 bridgehead atoms. The average molecular weight is 479 g/mol. The van der Waals surface area contributed by atoms with Gasteiger partial charge in [-0.25, -0.2) is 9.97 Å². The molecule has 2 aliphatic heterocycles. The minimum atomic E-state index is 0.234. The fourth-order valence-corrected chi connectivity index (χ4v) is 6.05. The molecule has 34 heavy (non-hydrogen) atoms. The number of anilines is 1. The van der Waals surface area contributed by atoms with E-state index in [9.17, 15) is 5.11 Å². The van der Waals surface area contributed by atoms with Gasteiger partial charge in [-0.2, -0.15) is 0 Å². The van der Waals surface area contributed by atoms with E-state index in [0.717, 1.165) is 104 Å². The number of hydrogen-bond donors (Lipinski definition) is 2. The largest absolute Gasteiger partial charge is 0.395 e. The maximum atomic E-state index is 9.20. The molecule has 2 N–H and O–H groups in total. The summed E-state index contributed by atoms with van der Waals surface area (Å²) in [5.74, 6) is 1.80. The Morgan fingerprint density at radius 1 is 0.971 bits per heavy atom. The lowest BCUT2D eigenvalue weighted by Gasteiger charge is -2.34. The molecule has 0 atom stereocenters. The number of aliphatic hydroxyl groups is 1. The number of ether oxygens (including phenoxy) is 1. The van der Waals surface area contributed by atoms with Crippen molar-refractivity contribution in [1.82, 2.24) is 24.8 Å². The van der Waals surface area contributed by atoms with E-state index in [1.165, 1.54) is 4.88 Å². The molecule has 2 aliphatic rings. The monoisotopic (exact) mass is 478 g/mol. The van der Waals surface area contributed by atoms with Crippen molar-refractivity contribution in [2.45, 2.75) is 6.54 Å². The predicted molar refractivity (Wildman–Crippen MR) is 137 cm³/mol. The normalized spacial score (nSPS) is 18.3. The molecular formula is C25H30N6O2S. The summed E-state index contributed by atoms with van der Waals surface area (Å²) < 4.78 is 5.61. The number of thiophene rings is 1. The fourth-order valence-electron chi connectivity index (χ4n) is 4.98. The second-order valence-electron chi connectivity index (χ2n) is 8.99. The van der Waals surface area contributed by atoms with Crippen molar-refractivity contribution in [1.29, 1.82) is 0 Å². The summed E-state index contributed by atoms with van der Waals surface area (Å²) in [5, 5.41) is 11.5. The van der Waals surface area contributed by atoms with E-state index < -0.39 is 0 Å². The van der Waals surface area contributed by atoms with Crippen LogP contribution in [0.15, 0.2) is 36.5 Å². The number of hydrogen-bond acceptors (Lipinski definition) is 8. The predicted octanol–water partition coefficient (Wildman–Crippen LogP) is 2.79. The van der Waals surface area contributed by atoms with Crippen LogP contribution in [0.1, 0.15) is 4.88 Å². The van der Waals surface area contributed by atoms with Gasteiger partial charge in [-0.15, -0.1) is 11.3 Å². The molecule has 4 aromatic rings. The van der Waals surface area contributed by atoms with E-state index in [1.807, 2.05) is 6.20 Å². The summed E-state index contributed by atoms with van der Waals surface area (Å²) in [6.45, 7) is 9.14. The van der Waals surface area contributed by atoms with Gasteiger partial charge in [0.2, 0.25) is 0 Å². The van der Waals surface area contributed by atoms with E-state index in [2.05, 4.69) is 50.0 Å². The molecule has 5 heterocycles. The lowest BCUT2D eigenvalue weighted by atomic mass is 10.1. The zero-order valence-electron chi connectivity index (χ0n) is 19.2. The van der Waals surface area contributed by atoms with Gasteiger partial charge in [0.1, 0.15) is 10.6 Å². The number of aliphatic hydroxyl groups excluding tert-OH is 1. The van der Waals surface area contributed by atoms with Crippen LogP contribution in [-0.2, 0) is 11.3 Å². The molecule has 9 heteroatoms. The molecule has 3 aromatic heterocycles. The van der Waals surface area contributed by atoms with Gasteiger partial charge < -0.3 is 19.7 Å². The van der Waals surface area contributed by atoms with Gasteiger partial charge in [-0.3, -0.25) is 9.80 Å². The van der Waals surface area contributed by atoms with E-state index in [4.69, 9.17) is 14.7 Å². The first-order valence-electron chi connectivity index (χ1n) is 12.0. The Balaban J connectivity index is 1.35. The van der Waals surface area contributed by atoms with Gasteiger partial charge in [0.05, 0.1) is 25.2 Å². The van der Waals surface area contributed by atoms with E-state index in [-0.39, 0.29) is 6.61 Å². The molecule has 1 aromatic carbocycles. The number of nitrogens with zero attached hydrogens (tertiary/aromatic N) is 5. The standard InChI is InChI=1S/C25H30N6O2S/c32-13-10-29-6-8-30(9-7-29)17-18-16-21-24(31-11-14-33-15-12-31)27-23(28-25(21)34-18)20-2-1-3-22-19(20)4-5-26-22/h1-5,16,26,32H,6-15,17H2. The minimum Gasteiger partial charge on any atom is -0.395 e. The zero-order chi connectivity index (χ0) is 22.9. The first kappa shape index (κ1) is 21.9. The molecule has 178 valence electrons. The summed E-state index contributed by atoms with van der Waals surface area (Å²) in [6.07, 6.45) is 1.97. The number of H-pyrrole nitrogens is 1. The molecular weight excluding hydrogens is 448 g/mol. The first-order valence-corrected chi connectivity index (χ1v) is 12.9. The van der Waals surface area contributed by atoms with Crippen molar-refractivity contribution in [3.8, 4) is 11.4 Å². The van der Waals surface area contributed by atoms with Crippen LogP contribution in [-0.4, -0.2) is 95.5 Å². The van der Waals surface area contributed by atoms with Gasteiger partial charge in [0.15, 0.2) is 5.82 Å². The fraction of sp³-hybridized carbons (Fsp3) is 0.440. The molecule has 2 fully saturated rings. The second kappa shape index (κ2) is 9.59. The Morgan fingerprint density at radius 3 is 2.62 bits per heavy atom. The molecule has 0 spiro atoms. The Labute approximate surface area is 202 Å². The average Bonchev–Trinajstić information content (AvgIpc) is 3.52. The molecule has 0 radical (unpaired) electrons. The van der Waals surface area contributed by atoms with Crippen LogP contribution >= 0.6 is 11.3 Å². The highest BCUT2D eigenvalue weighted by Gasteiger charge is 2.22. The molecule has 8 nitrogen and oxygen atoms in total. The third-order valence-corrected chi connectivity index (χ3v) is 7.84. The minimum absolute atomic E-state index is 0.234. The van der Waals surface area contributed by atoms with Gasteiger partial charge in [0, 0.05) is 79.9 Å². The number of aromatic amines is 1. The van der Waals surface area contributed by atoms with E-state index in [1.54, 1.807) is 11.3 Å². The Morgan fingerprint density at radius 2 is 1.79 bits per heavy atom. The number of nitrogens with one attached hydrogen (secondary N) is 1. The lowest BCUT2D eigenvalue weighted by molar-refractivity contribution is 0.109. The summed E-state index contributed by atoms with van der Waals surface area (Å²) in [4.78, 5) is 23.0. The molecule has 2 saturated heterocycles. The Kier molecular flexibility index (Phi) is 6.19. The van der Waals surface area contributed by atoms with Crippen molar-refractivity contribution in [2.24, 2.45) is 0 Å². The van der Waals surface area contributed by atoms with Crippen molar-refractivity contribution in [3.05, 3.63) is 41.4 Å². The van der Waals surface area contributed by atoms with Crippen LogP contribution in [0.25, 0.3) is 32.5 Å². The Bertz CT molecular complexity index is 1270. The third kappa shape index (κ3) is 4.30. The summed E-state index contributed by atoms with van der Waals surface area (Å²) >= 11 is 1.78. The number of benzene rings is 1.